The third-order valence-electron chi connectivity index (χ3n) is 4.54. The lowest BCUT2D eigenvalue weighted by molar-refractivity contribution is -0.138. The minimum atomic E-state index is -0.424. The van der Waals surface area contributed by atoms with Crippen molar-refractivity contribution in [1.29, 1.82) is 0 Å². The maximum atomic E-state index is 12.0. The fourth-order valence-corrected chi connectivity index (χ4v) is 3.34. The Hall–Kier alpha value is -1.23. The molecule has 1 saturated carbocycles. The number of unbranched alkanes of at least 4 members (excludes halogenated alkanes) is 2. The van der Waals surface area contributed by atoms with Crippen LogP contribution < -0.4 is 4.74 Å². The molecule has 0 spiro atoms. The maximum Gasteiger partial charge on any atom is 0.323 e. The molecular weight excluding hydrogens is 315 g/mol. The van der Waals surface area contributed by atoms with Crippen LogP contribution in [0.25, 0.3) is 0 Å². The van der Waals surface area contributed by atoms with E-state index in [1.54, 1.807) is 0 Å². The summed E-state index contributed by atoms with van der Waals surface area (Å²) in [6.07, 6.45) is 6.89. The van der Waals surface area contributed by atoms with Gasteiger partial charge in [0.1, 0.15) is 5.75 Å². The van der Waals surface area contributed by atoms with E-state index in [4.69, 9.17) is 4.74 Å². The van der Waals surface area contributed by atoms with Gasteiger partial charge in [0.05, 0.1) is 12.5 Å². The second-order valence-corrected chi connectivity index (χ2v) is 6.43. The molecule has 0 bridgehead atoms. The highest BCUT2D eigenvalue weighted by molar-refractivity contribution is 7.89. The van der Waals surface area contributed by atoms with E-state index in [0.29, 0.717) is 5.92 Å². The molecule has 128 valence electrons. The Morgan fingerprint density at radius 3 is 2.48 bits per heavy atom. The molecule has 1 aliphatic carbocycles. The summed E-state index contributed by atoms with van der Waals surface area (Å²) in [4.78, 5) is 11.5. The number of rotatable bonds is 8. The molecule has 0 N–H and O–H groups in total. The summed E-state index contributed by atoms with van der Waals surface area (Å²) < 4.78 is 22.1. The van der Waals surface area contributed by atoms with Crippen LogP contribution in [-0.4, -0.2) is 12.6 Å². The molecule has 0 atom stereocenters. The van der Waals surface area contributed by atoms with Crippen LogP contribution in [-0.2, 0) is 8.98 Å². The van der Waals surface area contributed by atoms with Gasteiger partial charge < -0.3 is 8.92 Å². The molecule has 0 aliphatic heterocycles. The Kier molecular flexibility index (Phi) is 7.72. The van der Waals surface area contributed by atoms with Crippen LogP contribution in [0.5, 0.6) is 5.75 Å². The first-order chi connectivity index (χ1) is 11.2. The summed E-state index contributed by atoms with van der Waals surface area (Å²) in [7, 11) is 0. The van der Waals surface area contributed by atoms with E-state index >= 15 is 0 Å². The fraction of sp³-hybridized carbons (Fsp3) is 0.611. The van der Waals surface area contributed by atoms with Crippen LogP contribution in [0.2, 0.25) is 0 Å². The van der Waals surface area contributed by atoms with Gasteiger partial charge in [-0.05, 0) is 55.7 Å². The van der Waals surface area contributed by atoms with Gasteiger partial charge in [-0.3, -0.25) is 4.79 Å². The molecule has 23 heavy (non-hydrogen) atoms. The van der Waals surface area contributed by atoms with Crippen LogP contribution in [0, 0.1) is 5.92 Å². The first-order valence-corrected chi connectivity index (χ1v) is 9.10. The van der Waals surface area contributed by atoms with Crippen LogP contribution in [0.4, 0.5) is 3.89 Å². The van der Waals surface area contributed by atoms with Crippen molar-refractivity contribution in [3.05, 3.63) is 29.8 Å². The van der Waals surface area contributed by atoms with Gasteiger partial charge in [0.25, 0.3) is 12.4 Å². The molecule has 0 amide bonds. The second kappa shape index (κ2) is 9.81. The summed E-state index contributed by atoms with van der Waals surface area (Å²) in [5.41, 5.74) is 1.29. The first-order valence-electron chi connectivity index (χ1n) is 8.46. The van der Waals surface area contributed by atoms with Crippen molar-refractivity contribution in [1.82, 2.24) is 0 Å². The molecule has 0 heterocycles. The Labute approximate surface area is 142 Å². The topological polar surface area (TPSA) is 35.5 Å². The molecule has 1 aromatic carbocycles. The van der Waals surface area contributed by atoms with Crippen molar-refractivity contribution >= 4 is 18.4 Å². The van der Waals surface area contributed by atoms with Crippen molar-refractivity contribution < 1.29 is 17.6 Å². The van der Waals surface area contributed by atoms with Crippen LogP contribution >= 0.6 is 12.4 Å². The monoisotopic (exact) mass is 340 g/mol. The summed E-state index contributed by atoms with van der Waals surface area (Å²) in [6, 6.07) is 8.30. The van der Waals surface area contributed by atoms with E-state index in [0.717, 1.165) is 44.5 Å². The van der Waals surface area contributed by atoms with Crippen molar-refractivity contribution in [3.8, 4) is 5.75 Å². The maximum absolute atomic E-state index is 12.0. The quantitative estimate of drug-likeness (QED) is 0.455. The normalized spacial score (nSPS) is 21.0. The molecule has 0 radical (unpaired) electrons. The minimum absolute atomic E-state index is 0.157. The Balaban J connectivity index is 1.78. The van der Waals surface area contributed by atoms with Crippen molar-refractivity contribution in [2.45, 2.75) is 57.8 Å². The van der Waals surface area contributed by atoms with Gasteiger partial charge in [0, 0.05) is 0 Å². The van der Waals surface area contributed by atoms with E-state index in [1.165, 1.54) is 18.4 Å². The molecule has 0 aromatic heterocycles. The number of hydrogen-bond donors (Lipinski definition) is 0. The minimum Gasteiger partial charge on any atom is -0.494 e. The van der Waals surface area contributed by atoms with Gasteiger partial charge in [0.15, 0.2) is 0 Å². The van der Waals surface area contributed by atoms with Crippen LogP contribution in [0.3, 0.4) is 0 Å². The number of carbonyl (C=O) groups excluding carboxylic acids is 1. The fourth-order valence-electron chi connectivity index (χ4n) is 3.14. The van der Waals surface area contributed by atoms with Crippen LogP contribution in [0.1, 0.15) is 63.4 Å². The van der Waals surface area contributed by atoms with Crippen molar-refractivity contribution in [2.24, 2.45) is 5.92 Å². The summed E-state index contributed by atoms with van der Waals surface area (Å²) in [5.74, 6) is 0.802. The van der Waals surface area contributed by atoms with E-state index < -0.39 is 5.97 Å². The van der Waals surface area contributed by atoms with Gasteiger partial charge in [0.2, 0.25) is 0 Å². The molecule has 1 fully saturated rings. The average Bonchev–Trinajstić information content (AvgIpc) is 2.60. The van der Waals surface area contributed by atoms with Gasteiger partial charge in [-0.2, -0.15) is 0 Å². The number of ether oxygens (including phenoxy) is 1. The van der Waals surface area contributed by atoms with Crippen molar-refractivity contribution in [2.75, 3.05) is 6.61 Å². The van der Waals surface area contributed by atoms with E-state index in [2.05, 4.69) is 23.2 Å². The van der Waals surface area contributed by atoms with E-state index in [9.17, 15) is 8.68 Å². The van der Waals surface area contributed by atoms with Gasteiger partial charge in [-0.1, -0.05) is 31.9 Å². The summed E-state index contributed by atoms with van der Waals surface area (Å²) in [6.45, 7) is 2.95. The second-order valence-electron chi connectivity index (χ2n) is 6.14. The van der Waals surface area contributed by atoms with Crippen LogP contribution in [0.15, 0.2) is 24.3 Å². The smallest absolute Gasteiger partial charge is 0.323 e. The molecular formula is C18H25FO3S. The Morgan fingerprint density at radius 1 is 1.17 bits per heavy atom. The van der Waals surface area contributed by atoms with Gasteiger partial charge >= 0.3 is 5.97 Å². The SMILES string of the molecule is CCCCCOc1ccc(C2CCC(C(=O)OSF)CC2)cc1. The third-order valence-corrected chi connectivity index (χ3v) is 4.77. The lowest BCUT2D eigenvalue weighted by Gasteiger charge is -2.27. The highest BCUT2D eigenvalue weighted by Crippen LogP contribution is 2.37. The Morgan fingerprint density at radius 2 is 1.87 bits per heavy atom. The lowest BCUT2D eigenvalue weighted by atomic mass is 9.79. The highest BCUT2D eigenvalue weighted by atomic mass is 32.2. The highest BCUT2D eigenvalue weighted by Gasteiger charge is 2.28. The number of carbonyl (C=O) groups is 1. The number of hydrogen-bond acceptors (Lipinski definition) is 4. The number of benzene rings is 1. The zero-order valence-electron chi connectivity index (χ0n) is 13.6. The van der Waals surface area contributed by atoms with Crippen molar-refractivity contribution in [3.63, 3.8) is 0 Å². The predicted molar refractivity (Wildman–Crippen MR) is 91.0 cm³/mol. The molecule has 3 nitrogen and oxygen atoms in total. The summed E-state index contributed by atoms with van der Waals surface area (Å²) in [5, 5.41) is 0. The van der Waals surface area contributed by atoms with E-state index in [1.807, 2.05) is 12.1 Å². The van der Waals surface area contributed by atoms with E-state index in [-0.39, 0.29) is 18.3 Å². The average molecular weight is 340 g/mol. The zero-order chi connectivity index (χ0) is 16.5. The largest absolute Gasteiger partial charge is 0.494 e. The van der Waals surface area contributed by atoms with Gasteiger partial charge in [-0.15, -0.1) is 3.89 Å². The molecule has 2 rings (SSSR count). The number of halogens is 1. The molecule has 1 aromatic rings. The molecule has 5 heteroatoms. The molecule has 0 saturated heterocycles. The predicted octanol–water partition coefficient (Wildman–Crippen LogP) is 5.61. The Bertz CT molecular complexity index is 470. The molecule has 1 aliphatic rings. The zero-order valence-corrected chi connectivity index (χ0v) is 14.4. The third kappa shape index (κ3) is 5.72. The molecule has 0 unspecified atom stereocenters. The van der Waals surface area contributed by atoms with Gasteiger partial charge in [-0.25, -0.2) is 0 Å². The summed E-state index contributed by atoms with van der Waals surface area (Å²) >= 11 is -0.352. The lowest BCUT2D eigenvalue weighted by Crippen LogP contribution is -2.21. The first kappa shape index (κ1) is 18.1. The standard InChI is InChI=1S/C18H25FO3S/c1-2-3-4-13-21-17-11-9-15(10-12-17)14-5-7-16(8-6-14)18(20)22-23-19/h9-12,14,16H,2-8,13H2,1H3.